The standard InChI is InChI=1S/C34H30ClN3O6S/c1-43-19-18-37-32(27-21-38(29-15-9-8-12-24(27)29)45(41,42)23-10-4-3-5-11-23)31(25-13-6-7-14-26(25)34(37)40)33(39)36-22-16-17-30(44-2)28(35)20-22/h3-17,20-21,31-32H,18-19H2,1-2H3,(H,36,39)/t31-,32+/m1/s1. The van der Waals surface area contributed by atoms with Crippen molar-refractivity contribution in [2.45, 2.75) is 16.9 Å². The normalized spacial score (nSPS) is 16.4. The van der Waals surface area contributed by atoms with Gasteiger partial charge >= 0.3 is 0 Å². The third-order valence-electron chi connectivity index (χ3n) is 8.00. The Bertz CT molecular complexity index is 2010. The first-order chi connectivity index (χ1) is 21.8. The molecule has 2 heterocycles. The second-order valence-corrected chi connectivity index (χ2v) is 12.8. The van der Waals surface area contributed by atoms with Gasteiger partial charge in [0.05, 0.1) is 41.1 Å². The van der Waals surface area contributed by atoms with Crippen LogP contribution in [0.25, 0.3) is 10.9 Å². The summed E-state index contributed by atoms with van der Waals surface area (Å²) in [5, 5.41) is 3.89. The molecule has 0 saturated heterocycles. The second-order valence-electron chi connectivity index (χ2n) is 10.6. The van der Waals surface area contributed by atoms with E-state index in [9.17, 15) is 18.0 Å². The number of hydrogen-bond acceptors (Lipinski definition) is 6. The van der Waals surface area contributed by atoms with Gasteiger partial charge in [0.2, 0.25) is 5.91 Å². The molecule has 0 radical (unpaired) electrons. The van der Waals surface area contributed by atoms with Gasteiger partial charge in [0.25, 0.3) is 15.9 Å². The molecule has 1 aliphatic rings. The monoisotopic (exact) mass is 643 g/mol. The SMILES string of the molecule is COCCN1C(=O)c2ccccc2[C@@H](C(=O)Nc2ccc(OC)c(Cl)c2)[C@@H]1c1cn(S(=O)(=O)c2ccccc2)c2ccccc12. The molecule has 4 aromatic carbocycles. The Morgan fingerprint density at radius 3 is 2.36 bits per heavy atom. The van der Waals surface area contributed by atoms with Crippen molar-refractivity contribution in [3.8, 4) is 5.75 Å². The van der Waals surface area contributed by atoms with Crippen LogP contribution in [-0.4, -0.2) is 56.5 Å². The average molecular weight is 644 g/mol. The zero-order chi connectivity index (χ0) is 31.7. The lowest BCUT2D eigenvalue weighted by Crippen LogP contribution is -2.47. The Kier molecular flexibility index (Phi) is 8.37. The minimum atomic E-state index is -4.03. The lowest BCUT2D eigenvalue weighted by atomic mass is 9.79. The van der Waals surface area contributed by atoms with E-state index in [1.54, 1.807) is 89.8 Å². The van der Waals surface area contributed by atoms with Gasteiger partial charge in [-0.05, 0) is 48.0 Å². The summed E-state index contributed by atoms with van der Waals surface area (Å²) in [5.74, 6) is -1.15. The number of carbonyl (C=O) groups excluding carboxylic acids is 2. The highest BCUT2D eigenvalue weighted by atomic mass is 35.5. The Balaban J connectivity index is 1.56. The van der Waals surface area contributed by atoms with E-state index >= 15 is 0 Å². The number of anilines is 1. The van der Waals surface area contributed by atoms with Gasteiger partial charge in [0.15, 0.2) is 0 Å². The maximum Gasteiger partial charge on any atom is 0.268 e. The smallest absolute Gasteiger partial charge is 0.268 e. The summed E-state index contributed by atoms with van der Waals surface area (Å²) in [4.78, 5) is 30.2. The van der Waals surface area contributed by atoms with Crippen LogP contribution in [-0.2, 0) is 19.6 Å². The molecule has 1 N–H and O–H groups in total. The molecule has 0 aliphatic carbocycles. The third-order valence-corrected chi connectivity index (χ3v) is 9.99. The van der Waals surface area contributed by atoms with E-state index < -0.39 is 27.9 Å². The lowest BCUT2D eigenvalue weighted by molar-refractivity contribution is -0.119. The molecule has 0 bridgehead atoms. The van der Waals surface area contributed by atoms with Crippen LogP contribution in [0.3, 0.4) is 0 Å². The number of benzene rings is 4. The van der Waals surface area contributed by atoms with Gasteiger partial charge in [0.1, 0.15) is 5.75 Å². The predicted molar refractivity (Wildman–Crippen MR) is 172 cm³/mol. The van der Waals surface area contributed by atoms with Crippen molar-refractivity contribution in [2.75, 3.05) is 32.7 Å². The zero-order valence-electron chi connectivity index (χ0n) is 24.5. The molecule has 11 heteroatoms. The van der Waals surface area contributed by atoms with Crippen LogP contribution in [0.2, 0.25) is 5.02 Å². The van der Waals surface area contributed by atoms with E-state index in [4.69, 9.17) is 21.1 Å². The van der Waals surface area contributed by atoms with Gasteiger partial charge in [0, 0.05) is 42.1 Å². The molecule has 2 atom stereocenters. The topological polar surface area (TPSA) is 107 Å². The van der Waals surface area contributed by atoms with Crippen molar-refractivity contribution >= 4 is 50.0 Å². The number of nitrogens with zero attached hydrogens (tertiary/aromatic N) is 2. The Labute approximate surface area is 266 Å². The molecule has 2 amide bonds. The predicted octanol–water partition coefficient (Wildman–Crippen LogP) is 6.11. The molecule has 0 saturated carbocycles. The van der Waals surface area contributed by atoms with Crippen LogP contribution in [0.5, 0.6) is 5.75 Å². The minimum Gasteiger partial charge on any atom is -0.495 e. The summed E-state index contributed by atoms with van der Waals surface area (Å²) in [7, 11) is -0.990. The minimum absolute atomic E-state index is 0.115. The summed E-state index contributed by atoms with van der Waals surface area (Å²) in [6.07, 6.45) is 1.53. The van der Waals surface area contributed by atoms with Crippen LogP contribution < -0.4 is 10.1 Å². The summed E-state index contributed by atoms with van der Waals surface area (Å²) >= 11 is 6.36. The Morgan fingerprint density at radius 1 is 0.911 bits per heavy atom. The van der Waals surface area contributed by atoms with Crippen molar-refractivity contribution < 1.29 is 27.5 Å². The average Bonchev–Trinajstić information content (AvgIpc) is 3.45. The van der Waals surface area contributed by atoms with E-state index in [1.165, 1.54) is 36.5 Å². The molecular formula is C34H30ClN3O6S. The molecular weight excluding hydrogens is 614 g/mol. The van der Waals surface area contributed by atoms with E-state index in [0.29, 0.717) is 44.1 Å². The maximum atomic E-state index is 14.4. The second kappa shape index (κ2) is 12.4. The van der Waals surface area contributed by atoms with Crippen LogP contribution in [0, 0.1) is 0 Å². The van der Waals surface area contributed by atoms with Crippen molar-refractivity contribution in [1.82, 2.24) is 8.87 Å². The summed E-state index contributed by atoms with van der Waals surface area (Å²) in [6, 6.07) is 26.2. The highest BCUT2D eigenvalue weighted by molar-refractivity contribution is 7.90. The number of nitrogens with one attached hydrogen (secondary N) is 1. The molecule has 9 nitrogen and oxygen atoms in total. The number of hydrogen-bond donors (Lipinski definition) is 1. The Hall–Kier alpha value is -4.64. The van der Waals surface area contributed by atoms with E-state index in [2.05, 4.69) is 5.32 Å². The maximum absolute atomic E-state index is 14.4. The van der Waals surface area contributed by atoms with Gasteiger partial charge in [-0.3, -0.25) is 9.59 Å². The van der Waals surface area contributed by atoms with E-state index in [1.807, 2.05) is 0 Å². The van der Waals surface area contributed by atoms with Gasteiger partial charge < -0.3 is 19.7 Å². The van der Waals surface area contributed by atoms with Crippen molar-refractivity contribution in [3.63, 3.8) is 0 Å². The molecule has 1 aliphatic heterocycles. The summed E-state index contributed by atoms with van der Waals surface area (Å²) in [5.41, 5.74) is 2.29. The van der Waals surface area contributed by atoms with Gasteiger partial charge in [-0.25, -0.2) is 12.4 Å². The van der Waals surface area contributed by atoms with Crippen molar-refractivity contribution in [2.24, 2.45) is 0 Å². The molecule has 1 aromatic heterocycles. The van der Waals surface area contributed by atoms with Gasteiger partial charge in [-0.1, -0.05) is 66.2 Å². The van der Waals surface area contributed by atoms with Crippen molar-refractivity contribution in [3.05, 3.63) is 125 Å². The molecule has 5 aromatic rings. The van der Waals surface area contributed by atoms with E-state index in [-0.39, 0.29) is 24.0 Å². The van der Waals surface area contributed by atoms with Gasteiger partial charge in [-0.2, -0.15) is 0 Å². The van der Waals surface area contributed by atoms with Crippen LogP contribution in [0.1, 0.15) is 33.4 Å². The number of aromatic nitrogens is 1. The summed E-state index contributed by atoms with van der Waals surface area (Å²) in [6.45, 7) is 0.366. The highest BCUT2D eigenvalue weighted by Gasteiger charge is 2.45. The molecule has 230 valence electrons. The molecule has 45 heavy (non-hydrogen) atoms. The number of fused-ring (bicyclic) bond motifs is 2. The number of rotatable bonds is 9. The molecule has 0 fully saturated rings. The summed E-state index contributed by atoms with van der Waals surface area (Å²) < 4.78 is 39.8. The lowest BCUT2D eigenvalue weighted by Gasteiger charge is -2.41. The van der Waals surface area contributed by atoms with Gasteiger partial charge in [-0.15, -0.1) is 0 Å². The number of halogens is 1. The molecule has 0 spiro atoms. The molecule has 0 unspecified atom stereocenters. The quantitative estimate of drug-likeness (QED) is 0.208. The highest BCUT2D eigenvalue weighted by Crippen LogP contribution is 2.46. The fourth-order valence-electron chi connectivity index (χ4n) is 5.94. The van der Waals surface area contributed by atoms with E-state index in [0.717, 1.165) is 0 Å². The first kappa shape index (κ1) is 30.4. The zero-order valence-corrected chi connectivity index (χ0v) is 26.1. The fraction of sp³-hybridized carbons (Fsp3) is 0.176. The molecule has 6 rings (SSSR count). The number of methoxy groups -OCH3 is 2. The fourth-order valence-corrected chi connectivity index (χ4v) is 7.59. The Morgan fingerprint density at radius 2 is 1.62 bits per heavy atom. The largest absolute Gasteiger partial charge is 0.495 e. The number of amides is 2. The first-order valence-electron chi connectivity index (χ1n) is 14.2. The first-order valence-corrected chi connectivity index (χ1v) is 16.0. The van der Waals surface area contributed by atoms with Crippen LogP contribution >= 0.6 is 11.6 Å². The van der Waals surface area contributed by atoms with Crippen LogP contribution in [0.15, 0.2) is 108 Å². The third kappa shape index (κ3) is 5.45. The van der Waals surface area contributed by atoms with Crippen LogP contribution in [0.4, 0.5) is 5.69 Å². The van der Waals surface area contributed by atoms with Crippen molar-refractivity contribution in [1.29, 1.82) is 0 Å². The number of carbonyl (C=O) groups is 2. The number of para-hydroxylation sites is 1. The number of ether oxygens (including phenoxy) is 2.